The van der Waals surface area contributed by atoms with Crippen molar-refractivity contribution in [3.63, 3.8) is 0 Å². The van der Waals surface area contributed by atoms with Gasteiger partial charge in [0.2, 0.25) is 5.91 Å². The second kappa shape index (κ2) is 9.27. The number of carbonyl (C=O) groups is 1. The topological polar surface area (TPSA) is 96.7 Å². The maximum atomic E-state index is 11.1. The summed E-state index contributed by atoms with van der Waals surface area (Å²) in [7, 11) is 0. The number of amides is 1. The van der Waals surface area contributed by atoms with Gasteiger partial charge in [-0.1, -0.05) is 17.7 Å². The van der Waals surface area contributed by atoms with Gasteiger partial charge in [-0.05, 0) is 64.4 Å². The van der Waals surface area contributed by atoms with Crippen molar-refractivity contribution in [1.82, 2.24) is 4.90 Å². The molecule has 24 heavy (non-hydrogen) atoms. The molecule has 0 saturated carbocycles. The zero-order valence-electron chi connectivity index (χ0n) is 14.5. The van der Waals surface area contributed by atoms with Gasteiger partial charge >= 0.3 is 0 Å². The summed E-state index contributed by atoms with van der Waals surface area (Å²) in [6, 6.07) is 8.06. The Hall–Kier alpha value is -2.08. The van der Waals surface area contributed by atoms with Crippen molar-refractivity contribution in [2.45, 2.75) is 32.6 Å². The summed E-state index contributed by atoms with van der Waals surface area (Å²) >= 11 is 0. The second-order valence-corrected chi connectivity index (χ2v) is 6.48. The molecule has 2 rings (SSSR count). The molecule has 1 aliphatic rings. The Morgan fingerprint density at radius 3 is 2.50 bits per heavy atom. The van der Waals surface area contributed by atoms with Crippen molar-refractivity contribution in [2.24, 2.45) is 22.4 Å². The first-order valence-corrected chi connectivity index (χ1v) is 8.70. The van der Waals surface area contributed by atoms with Crippen LogP contribution in [0.4, 0.5) is 5.69 Å². The van der Waals surface area contributed by atoms with Gasteiger partial charge < -0.3 is 21.7 Å². The number of guanidine groups is 1. The fraction of sp³-hybridized carbons (Fsp3) is 0.556. The van der Waals surface area contributed by atoms with Gasteiger partial charge in [-0.3, -0.25) is 9.79 Å². The van der Waals surface area contributed by atoms with Crippen molar-refractivity contribution < 1.29 is 4.79 Å². The number of hydrogen-bond acceptors (Lipinski definition) is 3. The average molecular weight is 331 g/mol. The van der Waals surface area contributed by atoms with E-state index in [1.54, 1.807) is 0 Å². The smallest absolute Gasteiger partial charge is 0.220 e. The number of anilines is 1. The summed E-state index contributed by atoms with van der Waals surface area (Å²) < 4.78 is 0. The molecule has 0 atom stereocenters. The van der Waals surface area contributed by atoms with Crippen LogP contribution >= 0.6 is 0 Å². The summed E-state index contributed by atoms with van der Waals surface area (Å²) in [6.07, 6.45) is 3.87. The molecule has 0 radical (unpaired) electrons. The van der Waals surface area contributed by atoms with Crippen LogP contribution in [0.15, 0.2) is 29.3 Å². The van der Waals surface area contributed by atoms with E-state index < -0.39 is 0 Å². The summed E-state index contributed by atoms with van der Waals surface area (Å²) in [5, 5.41) is 3.10. The molecule has 1 saturated heterocycles. The fourth-order valence-corrected chi connectivity index (χ4v) is 2.91. The molecular weight excluding hydrogens is 302 g/mol. The van der Waals surface area contributed by atoms with Crippen LogP contribution in [-0.4, -0.2) is 42.9 Å². The Labute approximate surface area is 144 Å². The van der Waals surface area contributed by atoms with Gasteiger partial charge in [-0.15, -0.1) is 0 Å². The third kappa shape index (κ3) is 6.20. The summed E-state index contributed by atoms with van der Waals surface area (Å²) in [4.78, 5) is 17.9. The molecule has 1 fully saturated rings. The van der Waals surface area contributed by atoms with E-state index in [1.807, 2.05) is 24.3 Å². The quantitative estimate of drug-likeness (QED) is 0.402. The highest BCUT2D eigenvalue weighted by Crippen LogP contribution is 2.16. The minimum absolute atomic E-state index is 0.0681. The fourth-order valence-electron chi connectivity index (χ4n) is 2.91. The van der Waals surface area contributed by atoms with E-state index >= 15 is 0 Å². The number of aryl methyl sites for hydroxylation is 1. The van der Waals surface area contributed by atoms with Gasteiger partial charge in [0.1, 0.15) is 0 Å². The normalized spacial score (nSPS) is 17.0. The van der Waals surface area contributed by atoms with Crippen LogP contribution in [0, 0.1) is 12.8 Å². The first-order chi connectivity index (χ1) is 11.5. The highest BCUT2D eigenvalue weighted by molar-refractivity contribution is 5.92. The van der Waals surface area contributed by atoms with E-state index in [0.717, 1.165) is 57.5 Å². The minimum atomic E-state index is -0.152. The molecule has 0 bridgehead atoms. The third-order valence-electron chi connectivity index (χ3n) is 4.48. The molecule has 0 aromatic heterocycles. The van der Waals surface area contributed by atoms with E-state index in [2.05, 4.69) is 22.1 Å². The van der Waals surface area contributed by atoms with E-state index in [9.17, 15) is 4.79 Å². The number of rotatable bonds is 7. The minimum Gasteiger partial charge on any atom is -0.370 e. The number of carbonyl (C=O) groups excluding carboxylic acids is 1. The number of benzene rings is 1. The van der Waals surface area contributed by atoms with E-state index in [-0.39, 0.29) is 11.8 Å². The van der Waals surface area contributed by atoms with Crippen molar-refractivity contribution >= 4 is 17.6 Å². The van der Waals surface area contributed by atoms with Crippen LogP contribution in [0.2, 0.25) is 0 Å². The molecule has 5 N–H and O–H groups in total. The van der Waals surface area contributed by atoms with Gasteiger partial charge in [0, 0.05) is 18.2 Å². The number of hydrogen-bond donors (Lipinski definition) is 3. The van der Waals surface area contributed by atoms with Crippen molar-refractivity contribution in [3.8, 4) is 0 Å². The maximum absolute atomic E-state index is 11.1. The molecule has 0 unspecified atom stereocenters. The van der Waals surface area contributed by atoms with Crippen LogP contribution < -0.4 is 16.8 Å². The summed E-state index contributed by atoms with van der Waals surface area (Å²) in [5.41, 5.74) is 13.4. The van der Waals surface area contributed by atoms with Crippen LogP contribution in [0.3, 0.4) is 0 Å². The van der Waals surface area contributed by atoms with Crippen LogP contribution in [0.25, 0.3) is 0 Å². The summed E-state index contributed by atoms with van der Waals surface area (Å²) in [5.74, 6) is 0.375. The zero-order chi connectivity index (χ0) is 17.4. The Morgan fingerprint density at radius 2 is 1.88 bits per heavy atom. The van der Waals surface area contributed by atoms with Gasteiger partial charge in [0.15, 0.2) is 5.96 Å². The van der Waals surface area contributed by atoms with E-state index in [1.165, 1.54) is 5.56 Å². The lowest BCUT2D eigenvalue weighted by molar-refractivity contribution is -0.123. The zero-order valence-corrected chi connectivity index (χ0v) is 14.5. The lowest BCUT2D eigenvalue weighted by Gasteiger charge is -2.30. The predicted octanol–water partition coefficient (Wildman–Crippen LogP) is 1.70. The van der Waals surface area contributed by atoms with Crippen LogP contribution in [-0.2, 0) is 4.79 Å². The number of primary amides is 1. The molecular formula is C18H29N5O. The number of aliphatic imine (C=N–C) groups is 1. The van der Waals surface area contributed by atoms with Gasteiger partial charge in [0.05, 0.1) is 0 Å². The van der Waals surface area contributed by atoms with Crippen LogP contribution in [0.5, 0.6) is 0 Å². The molecule has 1 aromatic carbocycles. The molecule has 0 spiro atoms. The molecule has 1 aliphatic heterocycles. The lowest BCUT2D eigenvalue weighted by atomic mass is 9.96. The van der Waals surface area contributed by atoms with E-state index in [4.69, 9.17) is 11.5 Å². The number of piperidine rings is 1. The van der Waals surface area contributed by atoms with Crippen LogP contribution in [0.1, 0.15) is 31.2 Å². The summed E-state index contributed by atoms with van der Waals surface area (Å²) in [6.45, 7) is 5.76. The third-order valence-corrected chi connectivity index (χ3v) is 4.48. The molecule has 132 valence electrons. The molecule has 6 heteroatoms. The van der Waals surface area contributed by atoms with E-state index in [0.29, 0.717) is 5.96 Å². The number of nitrogens with two attached hydrogens (primary N) is 2. The first kappa shape index (κ1) is 18.3. The average Bonchev–Trinajstić information content (AvgIpc) is 2.57. The van der Waals surface area contributed by atoms with Gasteiger partial charge in [-0.25, -0.2) is 0 Å². The van der Waals surface area contributed by atoms with Gasteiger partial charge in [0.25, 0.3) is 0 Å². The number of unbranched alkanes of at least 4 members (excludes halogenated alkanes) is 1. The molecule has 1 aromatic rings. The Balaban J connectivity index is 1.59. The lowest BCUT2D eigenvalue weighted by Crippen LogP contribution is -2.38. The highest BCUT2D eigenvalue weighted by Gasteiger charge is 2.22. The number of likely N-dealkylation sites (tertiary alicyclic amines) is 1. The monoisotopic (exact) mass is 331 g/mol. The first-order valence-electron chi connectivity index (χ1n) is 8.70. The molecule has 0 aliphatic carbocycles. The highest BCUT2D eigenvalue weighted by atomic mass is 16.1. The molecule has 6 nitrogen and oxygen atoms in total. The van der Waals surface area contributed by atoms with Crippen molar-refractivity contribution in [1.29, 1.82) is 0 Å². The maximum Gasteiger partial charge on any atom is 0.220 e. The number of nitrogens with one attached hydrogen (secondary N) is 1. The Bertz CT molecular complexity index is 547. The van der Waals surface area contributed by atoms with Crippen molar-refractivity contribution in [2.75, 3.05) is 31.5 Å². The predicted molar refractivity (Wildman–Crippen MR) is 98.9 cm³/mol. The molecule has 1 heterocycles. The standard InChI is InChI=1S/C18H29N5O/c1-14-4-6-16(7-5-14)22-18(20)21-10-2-3-11-23-12-8-15(9-13-23)17(19)24/h4-7,15H,2-3,8-13H2,1H3,(H2,19,24)(H3,20,21,22). The van der Waals surface area contributed by atoms with Gasteiger partial charge in [-0.2, -0.15) is 0 Å². The second-order valence-electron chi connectivity index (χ2n) is 6.48. The van der Waals surface area contributed by atoms with Crippen molar-refractivity contribution in [3.05, 3.63) is 29.8 Å². The Morgan fingerprint density at radius 1 is 1.21 bits per heavy atom. The molecule has 1 amide bonds. The number of nitrogens with zero attached hydrogens (tertiary/aromatic N) is 2. The Kier molecular flexibility index (Phi) is 7.06. The SMILES string of the molecule is Cc1ccc(NC(N)=NCCCCN2CCC(C(N)=O)CC2)cc1. The largest absolute Gasteiger partial charge is 0.370 e.